The summed E-state index contributed by atoms with van der Waals surface area (Å²) in [5.74, 6) is 0.760. The molecule has 0 aromatic heterocycles. The summed E-state index contributed by atoms with van der Waals surface area (Å²) in [5, 5.41) is 0. The van der Waals surface area contributed by atoms with Crippen LogP contribution in [-0.2, 0) is 10.8 Å². The third kappa shape index (κ3) is 1.78. The monoisotopic (exact) mass is 258 g/mol. The fourth-order valence-electron chi connectivity index (χ4n) is 3.85. The van der Waals surface area contributed by atoms with Crippen molar-refractivity contribution in [2.45, 2.75) is 65.7 Å². The molecule has 2 rings (SSSR count). The third-order valence-corrected chi connectivity index (χ3v) is 5.83. The summed E-state index contributed by atoms with van der Waals surface area (Å²) >= 11 is 0. The SMILES string of the molecule is CCC1(C)c2cc(C)c(C(C)=O)cc2C(C)(C)C1C. The number of hydrogen-bond donors (Lipinski definition) is 0. The summed E-state index contributed by atoms with van der Waals surface area (Å²) in [4.78, 5) is 11.8. The van der Waals surface area contributed by atoms with Crippen LogP contribution in [0.4, 0.5) is 0 Å². The zero-order chi connectivity index (χ0) is 14.6. The number of fused-ring (bicyclic) bond motifs is 1. The minimum Gasteiger partial charge on any atom is -0.295 e. The lowest BCUT2D eigenvalue weighted by Gasteiger charge is -2.35. The molecule has 0 fully saturated rings. The first-order valence-corrected chi connectivity index (χ1v) is 7.32. The van der Waals surface area contributed by atoms with Gasteiger partial charge < -0.3 is 0 Å². The molecule has 1 aliphatic rings. The molecule has 1 aliphatic carbocycles. The van der Waals surface area contributed by atoms with Crippen LogP contribution in [0.2, 0.25) is 0 Å². The Morgan fingerprint density at radius 3 is 2.26 bits per heavy atom. The van der Waals surface area contributed by atoms with Gasteiger partial charge in [0.2, 0.25) is 0 Å². The Bertz CT molecular complexity index is 539. The molecular weight excluding hydrogens is 232 g/mol. The molecule has 0 amide bonds. The van der Waals surface area contributed by atoms with Gasteiger partial charge in [0.15, 0.2) is 5.78 Å². The topological polar surface area (TPSA) is 17.1 Å². The maximum atomic E-state index is 11.8. The van der Waals surface area contributed by atoms with Crippen LogP contribution < -0.4 is 0 Å². The molecule has 0 bridgehead atoms. The van der Waals surface area contributed by atoms with Gasteiger partial charge in [0.25, 0.3) is 0 Å². The Labute approximate surface area is 117 Å². The van der Waals surface area contributed by atoms with Gasteiger partial charge in [-0.3, -0.25) is 4.79 Å². The lowest BCUT2D eigenvalue weighted by atomic mass is 9.69. The van der Waals surface area contributed by atoms with Crippen LogP contribution in [0.15, 0.2) is 12.1 Å². The fourth-order valence-corrected chi connectivity index (χ4v) is 3.85. The molecule has 2 unspecified atom stereocenters. The fraction of sp³-hybridized carbons (Fsp3) is 0.611. The number of carbonyl (C=O) groups is 1. The summed E-state index contributed by atoms with van der Waals surface area (Å²) in [6, 6.07) is 4.42. The summed E-state index contributed by atoms with van der Waals surface area (Å²) in [6.07, 6.45) is 1.14. The number of ketones is 1. The first kappa shape index (κ1) is 14.3. The summed E-state index contributed by atoms with van der Waals surface area (Å²) < 4.78 is 0. The van der Waals surface area contributed by atoms with Gasteiger partial charge in [-0.25, -0.2) is 0 Å². The van der Waals surface area contributed by atoms with Crippen LogP contribution in [0.1, 0.15) is 75.0 Å². The lowest BCUT2D eigenvalue weighted by Crippen LogP contribution is -2.32. The maximum Gasteiger partial charge on any atom is 0.160 e. The first-order valence-electron chi connectivity index (χ1n) is 7.32. The first-order chi connectivity index (χ1) is 8.66. The van der Waals surface area contributed by atoms with Crippen LogP contribution in [0, 0.1) is 12.8 Å². The highest BCUT2D eigenvalue weighted by molar-refractivity contribution is 5.96. The number of rotatable bonds is 2. The molecule has 0 radical (unpaired) electrons. The molecule has 1 aromatic carbocycles. The molecule has 0 saturated heterocycles. The predicted octanol–water partition coefficient (Wildman–Crippen LogP) is 4.79. The Kier molecular flexibility index (Phi) is 3.16. The second kappa shape index (κ2) is 4.19. The zero-order valence-electron chi connectivity index (χ0n) is 13.3. The molecule has 0 heterocycles. The van der Waals surface area contributed by atoms with Crippen LogP contribution in [0.5, 0.6) is 0 Å². The van der Waals surface area contributed by atoms with E-state index in [1.807, 2.05) is 0 Å². The van der Waals surface area contributed by atoms with Crippen molar-refractivity contribution in [3.05, 3.63) is 34.4 Å². The van der Waals surface area contributed by atoms with E-state index in [4.69, 9.17) is 0 Å². The highest BCUT2D eigenvalue weighted by atomic mass is 16.1. The van der Waals surface area contributed by atoms with Crippen molar-refractivity contribution >= 4 is 5.78 Å². The molecule has 1 aromatic rings. The largest absolute Gasteiger partial charge is 0.295 e. The average Bonchev–Trinajstić information content (AvgIpc) is 2.48. The normalized spacial score (nSPS) is 28.3. The molecule has 0 saturated carbocycles. The highest BCUT2D eigenvalue weighted by Crippen LogP contribution is 2.55. The number of Topliss-reactive ketones (excluding diaryl/α,β-unsaturated/α-hetero) is 1. The van der Waals surface area contributed by atoms with E-state index in [0.29, 0.717) is 5.92 Å². The number of aryl methyl sites for hydroxylation is 1. The molecule has 0 N–H and O–H groups in total. The summed E-state index contributed by atoms with van der Waals surface area (Å²) in [5.41, 5.74) is 5.20. The van der Waals surface area contributed by atoms with Crippen molar-refractivity contribution in [2.24, 2.45) is 5.92 Å². The van der Waals surface area contributed by atoms with E-state index in [-0.39, 0.29) is 16.6 Å². The van der Waals surface area contributed by atoms with E-state index >= 15 is 0 Å². The van der Waals surface area contributed by atoms with Crippen molar-refractivity contribution in [3.8, 4) is 0 Å². The predicted molar refractivity (Wildman–Crippen MR) is 81.0 cm³/mol. The maximum absolute atomic E-state index is 11.8. The second-order valence-electron chi connectivity index (χ2n) is 6.98. The van der Waals surface area contributed by atoms with Crippen molar-refractivity contribution in [3.63, 3.8) is 0 Å². The zero-order valence-corrected chi connectivity index (χ0v) is 13.3. The minimum atomic E-state index is 0.137. The lowest BCUT2D eigenvalue weighted by molar-refractivity contribution is 0.101. The molecular formula is C18H26O. The van der Waals surface area contributed by atoms with Gasteiger partial charge in [0, 0.05) is 5.56 Å². The molecule has 1 nitrogen and oxygen atoms in total. The van der Waals surface area contributed by atoms with Gasteiger partial charge in [-0.15, -0.1) is 0 Å². The Morgan fingerprint density at radius 2 is 1.79 bits per heavy atom. The Hall–Kier alpha value is -1.11. The summed E-state index contributed by atoms with van der Waals surface area (Å²) in [7, 11) is 0. The van der Waals surface area contributed by atoms with E-state index in [2.05, 4.69) is 53.7 Å². The number of hydrogen-bond acceptors (Lipinski definition) is 1. The second-order valence-corrected chi connectivity index (χ2v) is 6.98. The van der Waals surface area contributed by atoms with E-state index in [1.54, 1.807) is 6.92 Å². The molecule has 0 spiro atoms. The van der Waals surface area contributed by atoms with E-state index < -0.39 is 0 Å². The van der Waals surface area contributed by atoms with Crippen LogP contribution in [0.3, 0.4) is 0 Å². The van der Waals surface area contributed by atoms with E-state index in [1.165, 1.54) is 11.1 Å². The molecule has 2 atom stereocenters. The molecule has 1 heteroatoms. The van der Waals surface area contributed by atoms with Gasteiger partial charge in [0.05, 0.1) is 0 Å². The van der Waals surface area contributed by atoms with Gasteiger partial charge >= 0.3 is 0 Å². The number of carbonyl (C=O) groups excluding carboxylic acids is 1. The number of benzene rings is 1. The van der Waals surface area contributed by atoms with E-state index in [0.717, 1.165) is 17.5 Å². The molecule has 0 aliphatic heterocycles. The van der Waals surface area contributed by atoms with Gasteiger partial charge in [-0.1, -0.05) is 40.7 Å². The molecule has 104 valence electrons. The summed E-state index contributed by atoms with van der Waals surface area (Å²) in [6.45, 7) is 15.4. The van der Waals surface area contributed by atoms with E-state index in [9.17, 15) is 4.79 Å². The highest BCUT2D eigenvalue weighted by Gasteiger charge is 2.50. The van der Waals surface area contributed by atoms with Gasteiger partial charge in [-0.2, -0.15) is 0 Å². The van der Waals surface area contributed by atoms with Crippen molar-refractivity contribution < 1.29 is 4.79 Å². The van der Waals surface area contributed by atoms with Crippen LogP contribution in [0.25, 0.3) is 0 Å². The van der Waals surface area contributed by atoms with Crippen molar-refractivity contribution in [2.75, 3.05) is 0 Å². The Morgan fingerprint density at radius 1 is 1.21 bits per heavy atom. The Balaban J connectivity index is 2.77. The molecule has 19 heavy (non-hydrogen) atoms. The van der Waals surface area contributed by atoms with Crippen molar-refractivity contribution in [1.29, 1.82) is 0 Å². The third-order valence-electron chi connectivity index (χ3n) is 5.83. The smallest absolute Gasteiger partial charge is 0.160 e. The van der Waals surface area contributed by atoms with Crippen LogP contribution >= 0.6 is 0 Å². The quantitative estimate of drug-likeness (QED) is 0.697. The van der Waals surface area contributed by atoms with Crippen molar-refractivity contribution in [1.82, 2.24) is 0 Å². The average molecular weight is 258 g/mol. The minimum absolute atomic E-state index is 0.137. The van der Waals surface area contributed by atoms with Gasteiger partial charge in [0.1, 0.15) is 0 Å². The van der Waals surface area contributed by atoms with Crippen LogP contribution in [-0.4, -0.2) is 5.78 Å². The van der Waals surface area contributed by atoms with Gasteiger partial charge in [-0.05, 0) is 59.8 Å². The standard InChI is InChI=1S/C18H26O/c1-8-18(7)13(4)17(5,6)15-10-14(12(3)19)11(2)9-16(15)18/h9-10,13H,8H2,1-7H3.